The molecule has 1 aromatic rings. The molecule has 22 heavy (non-hydrogen) atoms. The van der Waals surface area contributed by atoms with Crippen LogP contribution in [0.15, 0.2) is 24.3 Å². The fourth-order valence-electron chi connectivity index (χ4n) is 4.00. The number of piperidine rings is 1. The normalized spacial score (nSPS) is 26.4. The largest absolute Gasteiger partial charge is 0.313 e. The van der Waals surface area contributed by atoms with Crippen LogP contribution in [0, 0.1) is 12.8 Å². The fraction of sp³-hybridized carbons (Fsp3) is 0.611. The molecule has 2 aliphatic rings. The second-order valence-electron chi connectivity index (χ2n) is 6.66. The molecule has 2 fully saturated rings. The van der Waals surface area contributed by atoms with E-state index in [-0.39, 0.29) is 18.3 Å². The molecule has 2 aliphatic heterocycles. The second-order valence-corrected chi connectivity index (χ2v) is 6.66. The summed E-state index contributed by atoms with van der Waals surface area (Å²) in [5.74, 6) is 0.851. The third-order valence-electron chi connectivity index (χ3n) is 4.96. The number of amides is 1. The molecule has 4 heteroatoms. The zero-order valence-electron chi connectivity index (χ0n) is 13.5. The van der Waals surface area contributed by atoms with E-state index in [0.29, 0.717) is 24.4 Å². The van der Waals surface area contributed by atoms with Crippen LogP contribution in [0.2, 0.25) is 0 Å². The molecule has 122 valence electrons. The Morgan fingerprint density at radius 2 is 1.95 bits per heavy atom. The minimum Gasteiger partial charge on any atom is -0.313 e. The molecule has 2 unspecified atom stereocenters. The van der Waals surface area contributed by atoms with E-state index in [1.165, 1.54) is 31.2 Å². The van der Waals surface area contributed by atoms with Crippen LogP contribution in [0.1, 0.15) is 44.6 Å². The lowest BCUT2D eigenvalue weighted by Crippen LogP contribution is -2.40. The van der Waals surface area contributed by atoms with Crippen LogP contribution in [0.3, 0.4) is 0 Å². The molecule has 0 radical (unpaired) electrons. The molecular formula is C18H27ClN2O. The Morgan fingerprint density at radius 1 is 1.27 bits per heavy atom. The van der Waals surface area contributed by atoms with Crippen LogP contribution in [-0.4, -0.2) is 24.5 Å². The van der Waals surface area contributed by atoms with Gasteiger partial charge in [-0.25, -0.2) is 0 Å². The highest BCUT2D eigenvalue weighted by atomic mass is 35.5. The highest BCUT2D eigenvalue weighted by Crippen LogP contribution is 2.33. The summed E-state index contributed by atoms with van der Waals surface area (Å²) in [6.45, 7) is 4.89. The lowest BCUT2D eigenvalue weighted by atomic mass is 9.89. The SMILES string of the molecule is CCN(C(=O)CC1CC2CCC(C1)N2)c1cccc(C)c1.Cl. The Labute approximate surface area is 139 Å². The van der Waals surface area contributed by atoms with Crippen molar-refractivity contribution in [3.05, 3.63) is 29.8 Å². The van der Waals surface area contributed by atoms with Crippen LogP contribution < -0.4 is 10.2 Å². The van der Waals surface area contributed by atoms with Crippen molar-refractivity contribution in [3.8, 4) is 0 Å². The maximum atomic E-state index is 12.7. The van der Waals surface area contributed by atoms with Crippen molar-refractivity contribution < 1.29 is 4.79 Å². The quantitative estimate of drug-likeness (QED) is 0.917. The second kappa shape index (κ2) is 7.47. The molecule has 2 saturated heterocycles. The number of carbonyl (C=O) groups is 1. The lowest BCUT2D eigenvalue weighted by Gasteiger charge is -2.30. The lowest BCUT2D eigenvalue weighted by molar-refractivity contribution is -0.119. The molecular weight excluding hydrogens is 296 g/mol. The minimum atomic E-state index is 0. The summed E-state index contributed by atoms with van der Waals surface area (Å²) in [5.41, 5.74) is 2.25. The van der Waals surface area contributed by atoms with E-state index in [2.05, 4.69) is 31.3 Å². The van der Waals surface area contributed by atoms with Crippen molar-refractivity contribution in [1.29, 1.82) is 0 Å². The first-order chi connectivity index (χ1) is 10.2. The van der Waals surface area contributed by atoms with Gasteiger partial charge in [0.25, 0.3) is 0 Å². The third-order valence-corrected chi connectivity index (χ3v) is 4.96. The van der Waals surface area contributed by atoms with Crippen molar-refractivity contribution in [2.75, 3.05) is 11.4 Å². The van der Waals surface area contributed by atoms with Gasteiger partial charge in [0.1, 0.15) is 0 Å². The highest BCUT2D eigenvalue weighted by Gasteiger charge is 2.34. The van der Waals surface area contributed by atoms with Gasteiger partial charge in [0.15, 0.2) is 0 Å². The Balaban J connectivity index is 0.00000176. The number of benzene rings is 1. The highest BCUT2D eigenvalue weighted by molar-refractivity contribution is 5.93. The van der Waals surface area contributed by atoms with E-state index in [9.17, 15) is 4.79 Å². The van der Waals surface area contributed by atoms with E-state index in [4.69, 9.17) is 0 Å². The van der Waals surface area contributed by atoms with Crippen molar-refractivity contribution in [2.24, 2.45) is 5.92 Å². The Morgan fingerprint density at radius 3 is 2.55 bits per heavy atom. The minimum absolute atomic E-state index is 0. The number of aryl methyl sites for hydroxylation is 1. The third kappa shape index (κ3) is 3.82. The molecule has 0 aromatic heterocycles. The number of nitrogens with zero attached hydrogens (tertiary/aromatic N) is 1. The number of hydrogen-bond acceptors (Lipinski definition) is 2. The Bertz CT molecular complexity index is 508. The van der Waals surface area contributed by atoms with E-state index < -0.39 is 0 Å². The number of carbonyl (C=O) groups excluding carboxylic acids is 1. The van der Waals surface area contributed by atoms with Gasteiger partial charge in [0, 0.05) is 30.7 Å². The van der Waals surface area contributed by atoms with Crippen LogP contribution in [-0.2, 0) is 4.79 Å². The summed E-state index contributed by atoms with van der Waals surface area (Å²) >= 11 is 0. The van der Waals surface area contributed by atoms with Crippen molar-refractivity contribution in [3.63, 3.8) is 0 Å². The first-order valence-electron chi connectivity index (χ1n) is 8.28. The molecule has 1 amide bonds. The zero-order chi connectivity index (χ0) is 14.8. The number of anilines is 1. The first-order valence-corrected chi connectivity index (χ1v) is 8.28. The van der Waals surface area contributed by atoms with Gasteiger partial charge in [-0.05, 0) is 63.1 Å². The van der Waals surface area contributed by atoms with E-state index in [1.807, 2.05) is 17.0 Å². The summed E-state index contributed by atoms with van der Waals surface area (Å²) in [5, 5.41) is 3.65. The van der Waals surface area contributed by atoms with Crippen molar-refractivity contribution in [1.82, 2.24) is 5.32 Å². The van der Waals surface area contributed by atoms with Gasteiger partial charge in [-0.3, -0.25) is 4.79 Å². The molecule has 3 nitrogen and oxygen atoms in total. The maximum absolute atomic E-state index is 12.7. The maximum Gasteiger partial charge on any atom is 0.227 e. The molecule has 3 rings (SSSR count). The predicted molar refractivity (Wildman–Crippen MR) is 93.7 cm³/mol. The monoisotopic (exact) mass is 322 g/mol. The Hall–Kier alpha value is -1.06. The zero-order valence-corrected chi connectivity index (χ0v) is 14.4. The van der Waals surface area contributed by atoms with E-state index >= 15 is 0 Å². The van der Waals surface area contributed by atoms with Crippen LogP contribution in [0.5, 0.6) is 0 Å². The molecule has 1 aromatic carbocycles. The fourth-order valence-corrected chi connectivity index (χ4v) is 4.00. The topological polar surface area (TPSA) is 32.3 Å². The summed E-state index contributed by atoms with van der Waals surface area (Å²) in [4.78, 5) is 14.6. The summed E-state index contributed by atoms with van der Waals surface area (Å²) in [6.07, 6.45) is 5.65. The smallest absolute Gasteiger partial charge is 0.227 e. The van der Waals surface area contributed by atoms with Gasteiger partial charge in [0.2, 0.25) is 5.91 Å². The van der Waals surface area contributed by atoms with Crippen molar-refractivity contribution in [2.45, 2.75) is 58.0 Å². The predicted octanol–water partition coefficient (Wildman–Crippen LogP) is 3.69. The number of rotatable bonds is 4. The van der Waals surface area contributed by atoms with Gasteiger partial charge >= 0.3 is 0 Å². The van der Waals surface area contributed by atoms with Gasteiger partial charge < -0.3 is 10.2 Å². The van der Waals surface area contributed by atoms with Crippen molar-refractivity contribution >= 4 is 24.0 Å². The van der Waals surface area contributed by atoms with Gasteiger partial charge in [0.05, 0.1) is 0 Å². The molecule has 0 aliphatic carbocycles. The van der Waals surface area contributed by atoms with Crippen LogP contribution in [0.4, 0.5) is 5.69 Å². The van der Waals surface area contributed by atoms with E-state index in [0.717, 1.165) is 12.2 Å². The molecule has 2 atom stereocenters. The average molecular weight is 323 g/mol. The average Bonchev–Trinajstić information content (AvgIpc) is 2.79. The number of halogens is 1. The van der Waals surface area contributed by atoms with Gasteiger partial charge in [-0.2, -0.15) is 0 Å². The standard InChI is InChI=1S/C18H26N2O.ClH/c1-3-20(17-6-4-5-13(2)9-17)18(21)12-14-10-15-7-8-16(11-14)19-15;/h4-6,9,14-16,19H,3,7-8,10-12H2,1-2H3;1H. The number of fused-ring (bicyclic) bond motifs is 2. The summed E-state index contributed by atoms with van der Waals surface area (Å²) < 4.78 is 0. The molecule has 1 N–H and O–H groups in total. The Kier molecular flexibility index (Phi) is 5.87. The van der Waals surface area contributed by atoms with E-state index in [1.54, 1.807) is 0 Å². The number of nitrogens with one attached hydrogen (secondary N) is 1. The van der Waals surface area contributed by atoms with Crippen LogP contribution in [0.25, 0.3) is 0 Å². The summed E-state index contributed by atoms with van der Waals surface area (Å²) in [7, 11) is 0. The first kappa shape index (κ1) is 17.3. The van der Waals surface area contributed by atoms with Crippen LogP contribution >= 0.6 is 12.4 Å². The number of hydrogen-bond donors (Lipinski definition) is 1. The molecule has 0 saturated carbocycles. The van der Waals surface area contributed by atoms with Gasteiger partial charge in [-0.15, -0.1) is 12.4 Å². The van der Waals surface area contributed by atoms with Gasteiger partial charge in [-0.1, -0.05) is 12.1 Å². The summed E-state index contributed by atoms with van der Waals surface area (Å²) in [6, 6.07) is 9.58. The molecule has 2 heterocycles. The molecule has 2 bridgehead atoms. The molecule has 0 spiro atoms.